The van der Waals surface area contributed by atoms with Crippen molar-refractivity contribution in [2.75, 3.05) is 53.5 Å². The van der Waals surface area contributed by atoms with Crippen LogP contribution < -0.4 is 10.5 Å². The number of ether oxygens (including phenoxy) is 2. The molecule has 6 heteroatoms. The third-order valence-electron chi connectivity index (χ3n) is 4.16. The van der Waals surface area contributed by atoms with Crippen LogP contribution in [0.2, 0.25) is 0 Å². The Balaban J connectivity index is 1.71. The topological polar surface area (TPSA) is 68.0 Å². The van der Waals surface area contributed by atoms with Gasteiger partial charge >= 0.3 is 5.97 Å². The highest BCUT2D eigenvalue weighted by Crippen LogP contribution is 2.13. The maximum atomic E-state index is 11.3. The minimum absolute atomic E-state index is 0.391. The molecule has 0 aromatic heterocycles. The first-order valence-corrected chi connectivity index (χ1v) is 8.04. The molecule has 1 fully saturated rings. The summed E-state index contributed by atoms with van der Waals surface area (Å²) in [7, 11) is 3.50. The lowest BCUT2D eigenvalue weighted by atomic mass is 10.1. The fraction of sp³-hybridized carbons (Fsp3) is 0.588. The molecule has 0 saturated carbocycles. The first kappa shape index (κ1) is 17.7. The van der Waals surface area contributed by atoms with E-state index < -0.39 is 12.0 Å². The predicted octanol–water partition coefficient (Wildman–Crippen LogP) is 0.356. The summed E-state index contributed by atoms with van der Waals surface area (Å²) in [6.45, 7) is 6.08. The Morgan fingerprint density at radius 1 is 1.22 bits per heavy atom. The van der Waals surface area contributed by atoms with Gasteiger partial charge in [0.05, 0.1) is 7.11 Å². The molecule has 1 aromatic carbocycles. The fourth-order valence-electron chi connectivity index (χ4n) is 2.57. The van der Waals surface area contributed by atoms with E-state index in [-0.39, 0.29) is 0 Å². The van der Waals surface area contributed by atoms with Crippen molar-refractivity contribution in [1.82, 2.24) is 9.80 Å². The Labute approximate surface area is 138 Å². The molecule has 0 aliphatic carbocycles. The van der Waals surface area contributed by atoms with Crippen molar-refractivity contribution in [2.24, 2.45) is 5.73 Å². The van der Waals surface area contributed by atoms with Crippen molar-refractivity contribution in [3.8, 4) is 5.75 Å². The van der Waals surface area contributed by atoms with Crippen LogP contribution in [0.3, 0.4) is 0 Å². The molecule has 2 rings (SSSR count). The zero-order chi connectivity index (χ0) is 16.7. The Morgan fingerprint density at radius 3 is 2.48 bits per heavy atom. The molecule has 0 amide bonds. The summed E-state index contributed by atoms with van der Waals surface area (Å²) in [5, 5.41) is 0. The van der Waals surface area contributed by atoms with Gasteiger partial charge in [-0.25, -0.2) is 0 Å². The smallest absolute Gasteiger partial charge is 0.322 e. The van der Waals surface area contributed by atoms with Crippen molar-refractivity contribution in [2.45, 2.75) is 12.5 Å². The average Bonchev–Trinajstić information content (AvgIpc) is 2.57. The largest absolute Gasteiger partial charge is 0.492 e. The number of hydrogen-bond donors (Lipinski definition) is 1. The fourth-order valence-corrected chi connectivity index (χ4v) is 2.57. The van der Waals surface area contributed by atoms with E-state index in [9.17, 15) is 4.79 Å². The number of esters is 1. The molecule has 1 aromatic rings. The van der Waals surface area contributed by atoms with E-state index >= 15 is 0 Å². The normalized spacial score (nSPS) is 17.7. The van der Waals surface area contributed by atoms with Gasteiger partial charge in [0, 0.05) is 32.7 Å². The molecule has 0 radical (unpaired) electrons. The lowest BCUT2D eigenvalue weighted by Crippen LogP contribution is -2.45. The number of benzene rings is 1. The molecule has 1 saturated heterocycles. The van der Waals surface area contributed by atoms with Crippen molar-refractivity contribution in [1.29, 1.82) is 0 Å². The molecule has 1 atom stereocenters. The van der Waals surface area contributed by atoms with Gasteiger partial charge in [0.25, 0.3) is 0 Å². The van der Waals surface area contributed by atoms with Crippen molar-refractivity contribution >= 4 is 5.97 Å². The van der Waals surface area contributed by atoms with Crippen LogP contribution in [-0.2, 0) is 16.0 Å². The van der Waals surface area contributed by atoms with Gasteiger partial charge in [-0.1, -0.05) is 12.1 Å². The number of piperazine rings is 1. The van der Waals surface area contributed by atoms with Gasteiger partial charge < -0.3 is 20.1 Å². The maximum Gasteiger partial charge on any atom is 0.322 e. The van der Waals surface area contributed by atoms with Crippen LogP contribution in [0.5, 0.6) is 5.75 Å². The SMILES string of the molecule is COC(=O)C(N)Cc1ccc(OCCN2CCN(C)CC2)cc1. The molecule has 1 heterocycles. The van der Waals surface area contributed by atoms with Gasteiger partial charge in [-0.15, -0.1) is 0 Å². The van der Waals surface area contributed by atoms with Gasteiger partial charge in [-0.05, 0) is 31.2 Å². The summed E-state index contributed by atoms with van der Waals surface area (Å²) >= 11 is 0. The van der Waals surface area contributed by atoms with Crippen LogP contribution >= 0.6 is 0 Å². The monoisotopic (exact) mass is 321 g/mol. The minimum Gasteiger partial charge on any atom is -0.492 e. The molecular weight excluding hydrogens is 294 g/mol. The van der Waals surface area contributed by atoms with E-state index in [1.54, 1.807) is 0 Å². The molecule has 1 aliphatic heterocycles. The van der Waals surface area contributed by atoms with Gasteiger partial charge in [-0.2, -0.15) is 0 Å². The number of nitrogens with zero attached hydrogens (tertiary/aromatic N) is 2. The van der Waals surface area contributed by atoms with E-state index in [2.05, 4.69) is 21.6 Å². The van der Waals surface area contributed by atoms with Gasteiger partial charge in [0.2, 0.25) is 0 Å². The zero-order valence-corrected chi connectivity index (χ0v) is 14.0. The van der Waals surface area contributed by atoms with Crippen molar-refractivity contribution in [3.05, 3.63) is 29.8 Å². The number of carbonyl (C=O) groups is 1. The quantitative estimate of drug-likeness (QED) is 0.731. The third-order valence-corrected chi connectivity index (χ3v) is 4.16. The molecule has 2 N–H and O–H groups in total. The Morgan fingerprint density at radius 2 is 1.87 bits per heavy atom. The minimum atomic E-state index is -0.621. The Hall–Kier alpha value is -1.63. The molecule has 23 heavy (non-hydrogen) atoms. The Kier molecular flexibility index (Phi) is 6.83. The number of rotatable bonds is 7. The molecule has 1 unspecified atom stereocenters. The van der Waals surface area contributed by atoms with Crippen LogP contribution in [0, 0.1) is 0 Å². The summed E-state index contributed by atoms with van der Waals surface area (Å²) in [6, 6.07) is 7.10. The maximum absolute atomic E-state index is 11.3. The second-order valence-electron chi connectivity index (χ2n) is 5.97. The first-order valence-electron chi connectivity index (χ1n) is 8.04. The highest BCUT2D eigenvalue weighted by atomic mass is 16.5. The van der Waals surface area contributed by atoms with Crippen LogP contribution in [0.1, 0.15) is 5.56 Å². The highest BCUT2D eigenvalue weighted by Gasteiger charge is 2.15. The van der Waals surface area contributed by atoms with Gasteiger partial charge in [-0.3, -0.25) is 9.69 Å². The van der Waals surface area contributed by atoms with E-state index in [0.717, 1.165) is 44.0 Å². The first-order chi connectivity index (χ1) is 11.1. The van der Waals surface area contributed by atoms with Crippen molar-refractivity contribution < 1.29 is 14.3 Å². The lowest BCUT2D eigenvalue weighted by molar-refractivity contribution is -0.142. The molecular formula is C17H27N3O3. The van der Waals surface area contributed by atoms with Gasteiger partial charge in [0.15, 0.2) is 0 Å². The summed E-state index contributed by atoms with van der Waals surface area (Å²) in [4.78, 5) is 16.1. The van der Waals surface area contributed by atoms with Crippen LogP contribution in [0.4, 0.5) is 0 Å². The van der Waals surface area contributed by atoms with Crippen molar-refractivity contribution in [3.63, 3.8) is 0 Å². The number of methoxy groups -OCH3 is 1. The van der Waals surface area contributed by atoms with Gasteiger partial charge in [0.1, 0.15) is 18.4 Å². The second kappa shape index (κ2) is 8.86. The number of carbonyl (C=O) groups excluding carboxylic acids is 1. The number of likely N-dealkylation sites (N-methyl/N-ethyl adjacent to an activating group) is 1. The number of nitrogens with two attached hydrogens (primary N) is 1. The summed E-state index contributed by atoms with van der Waals surface area (Å²) in [6.07, 6.45) is 0.467. The van der Waals surface area contributed by atoms with Crippen LogP contribution in [0.15, 0.2) is 24.3 Å². The third kappa shape index (κ3) is 5.82. The van der Waals surface area contributed by atoms with E-state index in [0.29, 0.717) is 13.0 Å². The summed E-state index contributed by atoms with van der Waals surface area (Å²) < 4.78 is 10.4. The van der Waals surface area contributed by atoms with Crippen LogP contribution in [-0.4, -0.2) is 75.3 Å². The van der Waals surface area contributed by atoms with E-state index in [4.69, 9.17) is 10.5 Å². The number of hydrogen-bond acceptors (Lipinski definition) is 6. The molecule has 1 aliphatic rings. The standard InChI is InChI=1S/C17H27N3O3/c1-19-7-9-20(10-8-19)11-12-23-15-5-3-14(4-6-15)13-16(18)17(21)22-2/h3-6,16H,7-13,18H2,1-2H3. The Bertz CT molecular complexity index is 484. The lowest BCUT2D eigenvalue weighted by Gasteiger charge is -2.32. The molecule has 128 valence electrons. The zero-order valence-electron chi connectivity index (χ0n) is 14.0. The predicted molar refractivity (Wildman–Crippen MR) is 89.6 cm³/mol. The average molecular weight is 321 g/mol. The van der Waals surface area contributed by atoms with Crippen LogP contribution in [0.25, 0.3) is 0 Å². The van der Waals surface area contributed by atoms with E-state index in [1.807, 2.05) is 24.3 Å². The second-order valence-corrected chi connectivity index (χ2v) is 5.97. The molecule has 0 bridgehead atoms. The highest BCUT2D eigenvalue weighted by molar-refractivity contribution is 5.75. The summed E-state index contributed by atoms with van der Waals surface area (Å²) in [5.41, 5.74) is 6.75. The molecule has 6 nitrogen and oxygen atoms in total. The summed E-state index contributed by atoms with van der Waals surface area (Å²) in [5.74, 6) is 0.451. The molecule has 0 spiro atoms. The van der Waals surface area contributed by atoms with E-state index in [1.165, 1.54) is 7.11 Å².